The van der Waals surface area contributed by atoms with E-state index in [0.29, 0.717) is 24.3 Å². The molecule has 3 rings (SSSR count). The Morgan fingerprint density at radius 3 is 2.58 bits per heavy atom. The fourth-order valence-corrected chi connectivity index (χ4v) is 3.08. The van der Waals surface area contributed by atoms with Crippen molar-refractivity contribution < 1.29 is 9.13 Å². The molecule has 1 aromatic heterocycles. The smallest absolute Gasteiger partial charge is 0.276 e. The number of hydrogen-bond donors (Lipinski definition) is 0. The van der Waals surface area contributed by atoms with Crippen molar-refractivity contribution in [3.8, 4) is 11.1 Å². The third kappa shape index (κ3) is 3.55. The molecule has 0 aliphatic carbocycles. The first-order valence-electron chi connectivity index (χ1n) is 8.36. The summed E-state index contributed by atoms with van der Waals surface area (Å²) >= 11 is 0. The second-order valence-corrected chi connectivity index (χ2v) is 5.92. The molecule has 1 unspecified atom stereocenters. The molecule has 1 aromatic carbocycles. The van der Waals surface area contributed by atoms with Crippen molar-refractivity contribution in [1.29, 1.82) is 0 Å². The van der Waals surface area contributed by atoms with E-state index in [1.54, 1.807) is 29.1 Å². The van der Waals surface area contributed by atoms with Gasteiger partial charge in [-0.3, -0.25) is 9.69 Å². The average molecular weight is 331 g/mol. The van der Waals surface area contributed by atoms with Crippen molar-refractivity contribution in [2.24, 2.45) is 0 Å². The summed E-state index contributed by atoms with van der Waals surface area (Å²) in [6.45, 7) is 5.03. The lowest BCUT2D eigenvalue weighted by molar-refractivity contribution is -0.00926. The van der Waals surface area contributed by atoms with E-state index in [1.807, 2.05) is 0 Å². The number of benzene rings is 1. The van der Waals surface area contributed by atoms with Gasteiger partial charge in [0.1, 0.15) is 12.0 Å². The van der Waals surface area contributed by atoms with Gasteiger partial charge in [-0.2, -0.15) is 5.10 Å². The van der Waals surface area contributed by atoms with Crippen LogP contribution in [0.5, 0.6) is 0 Å². The van der Waals surface area contributed by atoms with Crippen LogP contribution in [-0.4, -0.2) is 41.0 Å². The average Bonchev–Trinajstić information content (AvgIpc) is 2.62. The molecule has 0 N–H and O–H groups in total. The Labute approximate surface area is 140 Å². The molecular weight excluding hydrogens is 309 g/mol. The van der Waals surface area contributed by atoms with Crippen molar-refractivity contribution >= 4 is 0 Å². The van der Waals surface area contributed by atoms with Gasteiger partial charge < -0.3 is 4.74 Å². The Kier molecular flexibility index (Phi) is 5.37. The fraction of sp³-hybridized carbons (Fsp3) is 0.444. The second-order valence-electron chi connectivity index (χ2n) is 5.92. The molecule has 0 radical (unpaired) electrons. The maximum Gasteiger partial charge on any atom is 0.276 e. The summed E-state index contributed by atoms with van der Waals surface area (Å²) in [5, 5.41) is 4.32. The molecular formula is C18H22FN3O2. The van der Waals surface area contributed by atoms with Crippen LogP contribution in [0.4, 0.5) is 4.39 Å². The molecule has 1 saturated heterocycles. The zero-order valence-corrected chi connectivity index (χ0v) is 13.8. The minimum atomic E-state index is -0.315. The van der Waals surface area contributed by atoms with Crippen molar-refractivity contribution in [3.05, 3.63) is 52.7 Å². The van der Waals surface area contributed by atoms with Gasteiger partial charge in [0, 0.05) is 19.3 Å². The maximum atomic E-state index is 13.1. The van der Waals surface area contributed by atoms with Crippen LogP contribution >= 0.6 is 0 Å². The van der Waals surface area contributed by atoms with E-state index in [9.17, 15) is 9.18 Å². The van der Waals surface area contributed by atoms with Gasteiger partial charge in [0.15, 0.2) is 0 Å². The maximum absolute atomic E-state index is 13.1. The van der Waals surface area contributed by atoms with Gasteiger partial charge in [-0.25, -0.2) is 9.07 Å². The SMILES string of the molecule is CCCC(N1CCOCC1)n1nccc(-c2ccc(F)cc2)c1=O. The lowest BCUT2D eigenvalue weighted by Crippen LogP contribution is -2.45. The summed E-state index contributed by atoms with van der Waals surface area (Å²) < 4.78 is 20.1. The first-order valence-corrected chi connectivity index (χ1v) is 8.36. The highest BCUT2D eigenvalue weighted by Crippen LogP contribution is 2.20. The minimum Gasteiger partial charge on any atom is -0.379 e. The van der Waals surface area contributed by atoms with E-state index in [-0.39, 0.29) is 17.5 Å². The van der Waals surface area contributed by atoms with Gasteiger partial charge in [0.2, 0.25) is 0 Å². The van der Waals surface area contributed by atoms with Gasteiger partial charge in [-0.05, 0) is 30.2 Å². The third-order valence-corrected chi connectivity index (χ3v) is 4.32. The van der Waals surface area contributed by atoms with Crippen LogP contribution in [0.3, 0.4) is 0 Å². The van der Waals surface area contributed by atoms with Crippen LogP contribution in [-0.2, 0) is 4.74 Å². The Bertz CT molecular complexity index is 724. The molecule has 1 atom stereocenters. The lowest BCUT2D eigenvalue weighted by Gasteiger charge is -2.34. The molecule has 1 fully saturated rings. The molecule has 0 bridgehead atoms. The molecule has 1 aliphatic rings. The van der Waals surface area contributed by atoms with E-state index < -0.39 is 0 Å². The Morgan fingerprint density at radius 2 is 1.92 bits per heavy atom. The first-order chi connectivity index (χ1) is 11.7. The molecule has 5 nitrogen and oxygen atoms in total. The molecule has 6 heteroatoms. The summed E-state index contributed by atoms with van der Waals surface area (Å²) in [5.41, 5.74) is 1.10. The van der Waals surface area contributed by atoms with Crippen LogP contribution in [0.25, 0.3) is 11.1 Å². The van der Waals surface area contributed by atoms with Gasteiger partial charge in [-0.15, -0.1) is 0 Å². The number of hydrogen-bond acceptors (Lipinski definition) is 4. The van der Waals surface area contributed by atoms with Gasteiger partial charge in [0.05, 0.1) is 18.8 Å². The largest absolute Gasteiger partial charge is 0.379 e. The van der Waals surface area contributed by atoms with Crippen LogP contribution in [0.2, 0.25) is 0 Å². The number of nitrogens with zero attached hydrogens (tertiary/aromatic N) is 3. The molecule has 0 amide bonds. The second kappa shape index (κ2) is 7.68. The number of morpholine rings is 1. The van der Waals surface area contributed by atoms with Gasteiger partial charge in [0.25, 0.3) is 5.56 Å². The normalized spacial score (nSPS) is 16.9. The van der Waals surface area contributed by atoms with Crippen LogP contribution < -0.4 is 5.56 Å². The summed E-state index contributed by atoms with van der Waals surface area (Å²) in [6, 6.07) is 7.67. The molecule has 24 heavy (non-hydrogen) atoms. The monoisotopic (exact) mass is 331 g/mol. The quantitative estimate of drug-likeness (QED) is 0.845. The number of aromatic nitrogens is 2. The third-order valence-electron chi connectivity index (χ3n) is 4.32. The van der Waals surface area contributed by atoms with Gasteiger partial charge in [-0.1, -0.05) is 25.5 Å². The van der Waals surface area contributed by atoms with Crippen molar-refractivity contribution in [1.82, 2.24) is 14.7 Å². The number of ether oxygens (including phenoxy) is 1. The van der Waals surface area contributed by atoms with E-state index in [0.717, 1.165) is 25.9 Å². The van der Waals surface area contributed by atoms with Crippen molar-refractivity contribution in [2.75, 3.05) is 26.3 Å². The summed E-state index contributed by atoms with van der Waals surface area (Å²) in [5.74, 6) is -0.315. The Hall–Kier alpha value is -2.05. The predicted octanol–water partition coefficient (Wildman–Crippen LogP) is 2.68. The highest BCUT2D eigenvalue weighted by molar-refractivity contribution is 5.61. The van der Waals surface area contributed by atoms with Crippen molar-refractivity contribution in [3.63, 3.8) is 0 Å². The van der Waals surface area contributed by atoms with Crippen LogP contribution in [0, 0.1) is 5.82 Å². The highest BCUT2D eigenvalue weighted by atomic mass is 19.1. The van der Waals surface area contributed by atoms with Crippen LogP contribution in [0.1, 0.15) is 25.9 Å². The standard InChI is InChI=1S/C18H22FN3O2/c1-2-3-17(21-10-12-24-13-11-21)22-18(23)16(8-9-20-22)14-4-6-15(19)7-5-14/h4-9,17H,2-3,10-13H2,1H3. The zero-order chi connectivity index (χ0) is 16.9. The molecule has 2 aromatic rings. The fourth-order valence-electron chi connectivity index (χ4n) is 3.08. The Balaban J connectivity index is 1.98. The van der Waals surface area contributed by atoms with Crippen LogP contribution in [0.15, 0.2) is 41.3 Å². The van der Waals surface area contributed by atoms with E-state index in [4.69, 9.17) is 4.74 Å². The van der Waals surface area contributed by atoms with E-state index in [2.05, 4.69) is 16.9 Å². The summed E-state index contributed by atoms with van der Waals surface area (Å²) in [6.07, 6.45) is 3.37. The lowest BCUT2D eigenvalue weighted by atomic mass is 10.1. The summed E-state index contributed by atoms with van der Waals surface area (Å²) in [4.78, 5) is 15.2. The zero-order valence-electron chi connectivity index (χ0n) is 13.8. The highest BCUT2D eigenvalue weighted by Gasteiger charge is 2.24. The first kappa shape index (κ1) is 16.8. The minimum absolute atomic E-state index is 0.0770. The predicted molar refractivity (Wildman–Crippen MR) is 90.2 cm³/mol. The van der Waals surface area contributed by atoms with E-state index in [1.165, 1.54) is 12.1 Å². The van der Waals surface area contributed by atoms with E-state index >= 15 is 0 Å². The summed E-state index contributed by atoms with van der Waals surface area (Å²) in [7, 11) is 0. The molecule has 0 saturated carbocycles. The number of halogens is 1. The molecule has 2 heterocycles. The Morgan fingerprint density at radius 1 is 1.21 bits per heavy atom. The van der Waals surface area contributed by atoms with Crippen molar-refractivity contribution in [2.45, 2.75) is 25.9 Å². The molecule has 1 aliphatic heterocycles. The topological polar surface area (TPSA) is 47.4 Å². The molecule has 128 valence electrons. The number of rotatable bonds is 5. The molecule has 0 spiro atoms. The van der Waals surface area contributed by atoms with Gasteiger partial charge >= 0.3 is 0 Å².